The molecule has 0 aliphatic heterocycles. The molecule has 0 aliphatic rings. The fraction of sp³-hybridized carbons (Fsp3) is 0.400. The number of β-amino-alcohol motifs (C(OH)–C–C–N with tert-alkyl or cyclic N) is 1. The Labute approximate surface area is 126 Å². The summed E-state index contributed by atoms with van der Waals surface area (Å²) in [6.45, 7) is 6.02. The van der Waals surface area contributed by atoms with Gasteiger partial charge in [-0.15, -0.1) is 0 Å². The largest absolute Gasteiger partial charge is 0.506 e. The van der Waals surface area contributed by atoms with Crippen molar-refractivity contribution in [1.29, 1.82) is 0 Å². The number of hydrogen-bond donors (Lipinski definition) is 6. The summed E-state index contributed by atoms with van der Waals surface area (Å²) >= 11 is 0. The Hall–Kier alpha value is -2.25. The standard InChI is InChI=1S/C15H20N2O5/c1-15(2,3)16-6-9(19)7-4-5-8(18)11-10(7)12(20)13(21)14(22)17-11/h4-5,9,16,18-19,21H,6H2,1-3H3,(H2,17,20,22). The molecule has 1 aromatic heterocycles. The number of aromatic nitrogens is 1. The van der Waals surface area contributed by atoms with Crippen LogP contribution in [0, 0.1) is 0 Å². The predicted molar refractivity (Wildman–Crippen MR) is 82.3 cm³/mol. The summed E-state index contributed by atoms with van der Waals surface area (Å²) < 4.78 is 0. The highest BCUT2D eigenvalue weighted by Gasteiger charge is 2.21. The van der Waals surface area contributed by atoms with E-state index in [4.69, 9.17) is 0 Å². The van der Waals surface area contributed by atoms with Crippen molar-refractivity contribution in [2.24, 2.45) is 0 Å². The van der Waals surface area contributed by atoms with E-state index in [0.29, 0.717) is 0 Å². The second kappa shape index (κ2) is 5.51. The van der Waals surface area contributed by atoms with Crippen LogP contribution in [0.5, 0.6) is 17.2 Å². The third-order valence-corrected chi connectivity index (χ3v) is 3.32. The molecule has 0 amide bonds. The molecule has 22 heavy (non-hydrogen) atoms. The zero-order valence-corrected chi connectivity index (χ0v) is 12.6. The minimum Gasteiger partial charge on any atom is -0.506 e. The molecule has 0 fully saturated rings. The van der Waals surface area contributed by atoms with E-state index in [-0.39, 0.29) is 34.3 Å². The van der Waals surface area contributed by atoms with Crippen molar-refractivity contribution in [3.8, 4) is 17.2 Å². The van der Waals surface area contributed by atoms with E-state index in [1.807, 2.05) is 20.8 Å². The van der Waals surface area contributed by atoms with Crippen LogP contribution in [-0.4, -0.2) is 37.5 Å². The Morgan fingerprint density at radius 2 is 1.82 bits per heavy atom. The van der Waals surface area contributed by atoms with Crippen LogP contribution in [-0.2, 0) is 0 Å². The third kappa shape index (κ3) is 3.00. The summed E-state index contributed by atoms with van der Waals surface area (Å²) in [5.41, 5.74) is -0.882. The summed E-state index contributed by atoms with van der Waals surface area (Å²) in [4.78, 5) is 13.8. The number of pyridine rings is 1. The van der Waals surface area contributed by atoms with Crippen LogP contribution in [0.25, 0.3) is 10.9 Å². The van der Waals surface area contributed by atoms with Crippen LogP contribution in [0.4, 0.5) is 0 Å². The number of aliphatic hydroxyl groups excluding tert-OH is 1. The molecule has 2 aromatic rings. The van der Waals surface area contributed by atoms with E-state index in [2.05, 4.69) is 10.3 Å². The van der Waals surface area contributed by atoms with E-state index in [9.17, 15) is 25.2 Å². The van der Waals surface area contributed by atoms with Crippen LogP contribution in [0.2, 0.25) is 0 Å². The van der Waals surface area contributed by atoms with Crippen molar-refractivity contribution in [3.63, 3.8) is 0 Å². The molecular weight excluding hydrogens is 288 g/mol. The van der Waals surface area contributed by atoms with E-state index in [1.54, 1.807) is 0 Å². The van der Waals surface area contributed by atoms with Crippen molar-refractivity contribution in [2.45, 2.75) is 32.4 Å². The molecule has 0 saturated heterocycles. The van der Waals surface area contributed by atoms with Crippen LogP contribution < -0.4 is 10.9 Å². The Morgan fingerprint density at radius 1 is 1.18 bits per heavy atom. The smallest absolute Gasteiger partial charge is 0.294 e. The van der Waals surface area contributed by atoms with Crippen molar-refractivity contribution in [1.82, 2.24) is 10.3 Å². The van der Waals surface area contributed by atoms with Gasteiger partial charge in [0.2, 0.25) is 5.75 Å². The topological polar surface area (TPSA) is 126 Å². The second-order valence-corrected chi connectivity index (χ2v) is 6.22. The minimum atomic E-state index is -1.00. The fourth-order valence-electron chi connectivity index (χ4n) is 2.18. The molecule has 120 valence electrons. The minimum absolute atomic E-state index is 0.0142. The number of aromatic amines is 1. The lowest BCUT2D eigenvalue weighted by atomic mass is 10.0. The molecule has 7 heteroatoms. The van der Waals surface area contributed by atoms with Gasteiger partial charge in [-0.3, -0.25) is 4.79 Å². The number of nitrogens with one attached hydrogen (secondary N) is 2. The predicted octanol–water partition coefficient (Wildman–Crippen LogP) is 1.07. The molecule has 1 atom stereocenters. The quantitative estimate of drug-likeness (QED) is 0.503. The van der Waals surface area contributed by atoms with Crippen molar-refractivity contribution < 1.29 is 20.4 Å². The lowest BCUT2D eigenvalue weighted by Gasteiger charge is -2.23. The zero-order valence-electron chi connectivity index (χ0n) is 12.6. The molecule has 6 N–H and O–H groups in total. The van der Waals surface area contributed by atoms with Crippen molar-refractivity contribution in [3.05, 3.63) is 28.0 Å². The van der Waals surface area contributed by atoms with Gasteiger partial charge in [0.25, 0.3) is 5.56 Å². The van der Waals surface area contributed by atoms with Gasteiger partial charge in [0.15, 0.2) is 5.75 Å². The number of H-pyrrole nitrogens is 1. The SMILES string of the molecule is CC(C)(C)NCC(O)c1ccc(O)c2[nH]c(=O)c(O)c(O)c12. The Kier molecular flexibility index (Phi) is 4.04. The lowest BCUT2D eigenvalue weighted by Crippen LogP contribution is -2.38. The van der Waals surface area contributed by atoms with Gasteiger partial charge in [0, 0.05) is 12.1 Å². The van der Waals surface area contributed by atoms with Crippen LogP contribution >= 0.6 is 0 Å². The maximum atomic E-state index is 11.5. The van der Waals surface area contributed by atoms with Gasteiger partial charge in [-0.1, -0.05) is 6.07 Å². The molecule has 0 spiro atoms. The van der Waals surface area contributed by atoms with Gasteiger partial charge in [-0.25, -0.2) is 0 Å². The third-order valence-electron chi connectivity index (χ3n) is 3.32. The second-order valence-electron chi connectivity index (χ2n) is 6.22. The molecule has 0 radical (unpaired) electrons. The first-order valence-corrected chi connectivity index (χ1v) is 6.84. The van der Waals surface area contributed by atoms with Gasteiger partial charge in [-0.05, 0) is 32.4 Å². The average molecular weight is 308 g/mol. The summed E-state index contributed by atoms with van der Waals surface area (Å²) in [5.74, 6) is -1.78. The van der Waals surface area contributed by atoms with Gasteiger partial charge >= 0.3 is 0 Å². The highest BCUT2D eigenvalue weighted by Crippen LogP contribution is 2.38. The summed E-state index contributed by atoms with van der Waals surface area (Å²) in [6.07, 6.45) is -1.00. The summed E-state index contributed by atoms with van der Waals surface area (Å²) in [6, 6.07) is 2.74. The number of fused-ring (bicyclic) bond motifs is 1. The Bertz CT molecular complexity index is 761. The molecule has 0 aliphatic carbocycles. The highest BCUT2D eigenvalue weighted by atomic mass is 16.3. The van der Waals surface area contributed by atoms with Crippen LogP contribution in [0.3, 0.4) is 0 Å². The van der Waals surface area contributed by atoms with Crippen molar-refractivity contribution in [2.75, 3.05) is 6.54 Å². The fourth-order valence-corrected chi connectivity index (χ4v) is 2.18. The van der Waals surface area contributed by atoms with Gasteiger partial charge < -0.3 is 30.7 Å². The normalized spacial score (nSPS) is 13.5. The Morgan fingerprint density at radius 3 is 2.41 bits per heavy atom. The van der Waals surface area contributed by atoms with E-state index >= 15 is 0 Å². The number of rotatable bonds is 3. The Balaban J connectivity index is 2.58. The molecule has 2 rings (SSSR count). The number of aromatic hydroxyl groups is 3. The molecule has 0 bridgehead atoms. The molecule has 1 heterocycles. The first-order chi connectivity index (χ1) is 10.1. The molecular formula is C15H20N2O5. The number of aliphatic hydroxyl groups is 1. The average Bonchev–Trinajstić information content (AvgIpc) is 2.42. The van der Waals surface area contributed by atoms with Gasteiger partial charge in [-0.2, -0.15) is 0 Å². The zero-order chi connectivity index (χ0) is 16.7. The lowest BCUT2D eigenvalue weighted by molar-refractivity contribution is 0.164. The van der Waals surface area contributed by atoms with Crippen LogP contribution in [0.1, 0.15) is 32.4 Å². The molecule has 7 nitrogen and oxygen atoms in total. The van der Waals surface area contributed by atoms with Crippen molar-refractivity contribution >= 4 is 10.9 Å². The molecule has 0 saturated carbocycles. The highest BCUT2D eigenvalue weighted by molar-refractivity contribution is 5.94. The van der Waals surface area contributed by atoms with E-state index in [0.717, 1.165) is 0 Å². The molecule has 1 aromatic carbocycles. The summed E-state index contributed by atoms with van der Waals surface area (Å²) in [7, 11) is 0. The van der Waals surface area contributed by atoms with Gasteiger partial charge in [0.1, 0.15) is 5.75 Å². The number of phenolic OH excluding ortho intramolecular Hbond substituents is 1. The van der Waals surface area contributed by atoms with E-state index in [1.165, 1.54) is 12.1 Å². The summed E-state index contributed by atoms with van der Waals surface area (Å²) in [5, 5.41) is 42.9. The van der Waals surface area contributed by atoms with Gasteiger partial charge in [0.05, 0.1) is 17.0 Å². The van der Waals surface area contributed by atoms with Crippen LogP contribution in [0.15, 0.2) is 16.9 Å². The number of hydrogen-bond acceptors (Lipinski definition) is 6. The maximum Gasteiger partial charge on any atom is 0.294 e. The first kappa shape index (κ1) is 16.1. The monoisotopic (exact) mass is 308 g/mol. The number of phenols is 1. The maximum absolute atomic E-state index is 11.5. The first-order valence-electron chi connectivity index (χ1n) is 6.84. The van der Waals surface area contributed by atoms with E-state index < -0.39 is 23.2 Å². The number of benzene rings is 1. The molecule has 1 unspecified atom stereocenters.